The Morgan fingerprint density at radius 1 is 0.449 bits per heavy atom. The summed E-state index contributed by atoms with van der Waals surface area (Å²) in [7, 11) is 0. The number of hydrogen-bond acceptors (Lipinski definition) is 15. The quantitative estimate of drug-likeness (QED) is 0.0165. The number of carbonyl (C=O) groups excluding carboxylic acids is 10. The summed E-state index contributed by atoms with van der Waals surface area (Å²) in [6.45, 7) is 3.34. The molecule has 0 unspecified atom stereocenters. The third kappa shape index (κ3) is 26.8. The van der Waals surface area contributed by atoms with E-state index in [-0.39, 0.29) is 50.7 Å². The van der Waals surface area contributed by atoms with Gasteiger partial charge in [0.1, 0.15) is 42.8 Å². The summed E-state index contributed by atoms with van der Waals surface area (Å²) >= 11 is 0. The van der Waals surface area contributed by atoms with Crippen molar-refractivity contribution < 1.29 is 67.7 Å². The van der Waals surface area contributed by atoms with E-state index in [2.05, 4.69) is 57.8 Å². The number of guanidine groups is 2. The number of primary amides is 1. The van der Waals surface area contributed by atoms with Crippen LogP contribution >= 0.6 is 0 Å². The number of carbonyl (C=O) groups is 12. The van der Waals surface area contributed by atoms with Crippen LogP contribution in [0.25, 0.3) is 0 Å². The van der Waals surface area contributed by atoms with Gasteiger partial charge in [0.2, 0.25) is 59.1 Å². The smallest absolute Gasteiger partial charge is 0.322 e. The van der Waals surface area contributed by atoms with Gasteiger partial charge in [-0.2, -0.15) is 0 Å². The molecule has 10 amide bonds. The van der Waals surface area contributed by atoms with Crippen LogP contribution in [0, 0.1) is 11.8 Å². The molecule has 31 nitrogen and oxygen atoms in total. The lowest BCUT2D eigenvalue weighted by Crippen LogP contribution is -2.61. The highest BCUT2D eigenvalue weighted by atomic mass is 16.4. The molecule has 0 aliphatic rings. The molecule has 388 valence electrons. The van der Waals surface area contributed by atoms with Crippen LogP contribution in [0.1, 0.15) is 66.2 Å². The summed E-state index contributed by atoms with van der Waals surface area (Å²) in [6.07, 6.45) is -1.41. The minimum Gasteiger partial charge on any atom is -0.481 e. The molecule has 0 spiro atoms. The number of nitrogens with zero attached hydrogens (tertiary/aromatic N) is 2. The van der Waals surface area contributed by atoms with Gasteiger partial charge in [-0.3, -0.25) is 67.5 Å². The highest BCUT2D eigenvalue weighted by Crippen LogP contribution is 2.09. The molecule has 0 aromatic carbocycles. The van der Waals surface area contributed by atoms with Gasteiger partial charge in [-0.05, 0) is 37.5 Å². The van der Waals surface area contributed by atoms with Gasteiger partial charge in [0.05, 0.1) is 32.5 Å². The summed E-state index contributed by atoms with van der Waals surface area (Å²) < 4.78 is 0. The second-order valence-electron chi connectivity index (χ2n) is 15.8. The molecule has 69 heavy (non-hydrogen) atoms. The molecule has 0 bridgehead atoms. The summed E-state index contributed by atoms with van der Waals surface area (Å²) in [5.41, 5.74) is 31.8. The molecule has 31 heteroatoms. The minimum atomic E-state index is -1.83. The molecule has 6 atom stereocenters. The topological polar surface area (TPSA) is 534 Å². The Labute approximate surface area is 396 Å². The fourth-order valence-corrected chi connectivity index (χ4v) is 5.78. The molecule has 23 N–H and O–H groups in total. The Balaban J connectivity index is 5.96. The van der Waals surface area contributed by atoms with Crippen LogP contribution in [0.15, 0.2) is 9.98 Å². The number of amides is 10. The fourth-order valence-electron chi connectivity index (χ4n) is 5.78. The second kappa shape index (κ2) is 31.9. The first-order valence-corrected chi connectivity index (χ1v) is 21.3. The van der Waals surface area contributed by atoms with Crippen LogP contribution in [0.5, 0.6) is 0 Å². The minimum absolute atomic E-state index is 0.0369. The second-order valence-corrected chi connectivity index (χ2v) is 15.8. The molecule has 0 aromatic heterocycles. The Morgan fingerprint density at radius 3 is 1.22 bits per heavy atom. The van der Waals surface area contributed by atoms with Gasteiger partial charge in [0, 0.05) is 13.1 Å². The van der Waals surface area contributed by atoms with Gasteiger partial charge < -0.3 is 92.5 Å². The Kier molecular flexibility index (Phi) is 28.3. The first-order valence-electron chi connectivity index (χ1n) is 21.3. The largest absolute Gasteiger partial charge is 0.481 e. The van der Waals surface area contributed by atoms with Crippen molar-refractivity contribution in [3.8, 4) is 0 Å². The third-order valence-corrected chi connectivity index (χ3v) is 9.20. The zero-order chi connectivity index (χ0) is 53.0. The van der Waals surface area contributed by atoms with Crippen molar-refractivity contribution in [3.63, 3.8) is 0 Å². The van der Waals surface area contributed by atoms with E-state index in [0.29, 0.717) is 0 Å². The van der Waals surface area contributed by atoms with Crippen LogP contribution in [0.3, 0.4) is 0 Å². The molecule has 0 aliphatic carbocycles. The zero-order valence-electron chi connectivity index (χ0n) is 38.8. The Bertz CT molecular complexity index is 1900. The lowest BCUT2D eigenvalue weighted by Gasteiger charge is -2.29. The molecule has 0 aliphatic heterocycles. The number of hydrogen-bond donors (Lipinski definition) is 17. The van der Waals surface area contributed by atoms with E-state index in [0.717, 1.165) is 0 Å². The highest BCUT2D eigenvalue weighted by molar-refractivity contribution is 5.99. The number of aliphatic imine (C=N–C) groups is 2. The summed E-state index contributed by atoms with van der Waals surface area (Å²) in [5.74, 6) is -14.5. The van der Waals surface area contributed by atoms with Gasteiger partial charge in [-0.25, -0.2) is 0 Å². The molecular formula is C38H67N17O14. The Hall–Kier alpha value is -7.86. The lowest BCUT2D eigenvalue weighted by molar-refractivity contribution is -0.141. The first kappa shape index (κ1) is 61.1. The van der Waals surface area contributed by atoms with E-state index in [9.17, 15) is 62.6 Å². The lowest BCUT2D eigenvalue weighted by atomic mass is 9.98. The van der Waals surface area contributed by atoms with Crippen molar-refractivity contribution in [2.75, 3.05) is 39.3 Å². The maximum absolute atomic E-state index is 13.7. The van der Waals surface area contributed by atoms with Gasteiger partial charge in [-0.1, -0.05) is 27.7 Å². The molecule has 0 saturated carbocycles. The predicted molar refractivity (Wildman–Crippen MR) is 243 cm³/mol. The molecular weight excluding hydrogens is 919 g/mol. The fraction of sp³-hybridized carbons (Fsp3) is 0.632. The van der Waals surface area contributed by atoms with Crippen molar-refractivity contribution in [3.05, 3.63) is 0 Å². The molecule has 0 saturated heterocycles. The van der Waals surface area contributed by atoms with Crippen LogP contribution in [-0.2, 0) is 57.5 Å². The number of nitrogens with two attached hydrogens (primary N) is 6. The van der Waals surface area contributed by atoms with Gasteiger partial charge in [0.25, 0.3) is 0 Å². The van der Waals surface area contributed by atoms with Crippen LogP contribution in [0.4, 0.5) is 0 Å². The predicted octanol–water partition coefficient (Wildman–Crippen LogP) is -8.94. The van der Waals surface area contributed by atoms with Crippen LogP contribution in [-0.4, -0.2) is 169 Å². The summed E-state index contributed by atoms with van der Waals surface area (Å²) in [6, 6.07) is -8.93. The van der Waals surface area contributed by atoms with Crippen LogP contribution < -0.4 is 82.3 Å². The van der Waals surface area contributed by atoms with E-state index >= 15 is 0 Å². The monoisotopic (exact) mass is 986 g/mol. The van der Waals surface area contributed by atoms with Gasteiger partial charge >= 0.3 is 11.9 Å². The van der Waals surface area contributed by atoms with Crippen molar-refractivity contribution in [1.82, 2.24) is 47.9 Å². The molecule has 0 heterocycles. The van der Waals surface area contributed by atoms with Crippen molar-refractivity contribution >= 4 is 82.9 Å². The van der Waals surface area contributed by atoms with Crippen molar-refractivity contribution in [2.24, 2.45) is 56.2 Å². The summed E-state index contributed by atoms with van der Waals surface area (Å²) in [5, 5.41) is 39.0. The standard InChI is InChI=1S/C38H67N17O14/c1-17(2)29(35(68)53-22(12-27(60)61)33(66)48-14-25(58)51-20(8-6-10-46-38(43)44)32(65)49-16-28(62)63)55-36(69)30(18(3)4)54-34(67)21(11-23(40)56)52-26(59)15-47-31(64)19(50-24(57)13-39)7-5-9-45-37(41)42/h17-22,29-30H,5-16,39H2,1-4H3,(H2,40,56)(H,47,64)(H,48,66)(H,49,65)(H,50,57)(H,51,58)(H,52,59)(H,53,68)(H,54,67)(H,55,69)(H,60,61)(H,62,63)(H4,41,42,45)(H4,43,44,46)/t19-,20-,21-,22-,29-,30-/m0/s1. The van der Waals surface area contributed by atoms with E-state index in [1.54, 1.807) is 0 Å². The highest BCUT2D eigenvalue weighted by Gasteiger charge is 2.35. The zero-order valence-corrected chi connectivity index (χ0v) is 38.8. The van der Waals surface area contributed by atoms with Crippen molar-refractivity contribution in [1.29, 1.82) is 0 Å². The van der Waals surface area contributed by atoms with E-state index in [4.69, 9.17) is 39.5 Å². The number of carboxylic acid groups (broad SMARTS) is 2. The van der Waals surface area contributed by atoms with Gasteiger partial charge in [-0.15, -0.1) is 0 Å². The Morgan fingerprint density at radius 2 is 0.826 bits per heavy atom. The number of nitrogens with one attached hydrogen (secondary N) is 9. The summed E-state index contributed by atoms with van der Waals surface area (Å²) in [4.78, 5) is 159. The molecule has 0 fully saturated rings. The van der Waals surface area contributed by atoms with Gasteiger partial charge in [0.15, 0.2) is 11.9 Å². The molecule has 0 radical (unpaired) electrons. The van der Waals surface area contributed by atoms with E-state index in [1.165, 1.54) is 27.7 Å². The normalized spacial score (nSPS) is 13.3. The maximum atomic E-state index is 13.7. The molecule has 0 rings (SSSR count). The number of rotatable bonds is 33. The van der Waals surface area contributed by atoms with Crippen molar-refractivity contribution in [2.45, 2.75) is 102 Å². The number of aliphatic carboxylic acids is 2. The van der Waals surface area contributed by atoms with Crippen LogP contribution in [0.2, 0.25) is 0 Å². The SMILES string of the molecule is CC(C)[C@H](NC(=O)[C@H](CC(N)=O)NC(=O)CNC(=O)[C@H](CCCN=C(N)N)NC(=O)CN)C(=O)N[C@H](C(=O)N[C@@H](CC(=O)O)C(=O)NCC(=O)N[C@@H](CCCN=C(N)N)C(=O)NCC(=O)O)C(C)C. The first-order chi connectivity index (χ1) is 32.2. The average molecular weight is 986 g/mol. The third-order valence-electron chi connectivity index (χ3n) is 9.20. The number of carboxylic acids is 2. The maximum Gasteiger partial charge on any atom is 0.322 e. The van der Waals surface area contributed by atoms with E-state index < -0.39 is 158 Å². The molecule has 0 aromatic rings. The average Bonchev–Trinajstić information content (AvgIpc) is 3.25. The van der Waals surface area contributed by atoms with E-state index in [1.807, 2.05) is 0 Å².